The molecule has 0 atom stereocenters. The number of anilines is 2. The van der Waals surface area contributed by atoms with Crippen LogP contribution < -0.4 is 19.3 Å². The molecule has 0 heterocycles. The molecule has 0 fully saturated rings. The van der Waals surface area contributed by atoms with Crippen molar-refractivity contribution >= 4 is 99.0 Å². The number of fused-ring (bicyclic) bond motifs is 2. The van der Waals surface area contributed by atoms with Crippen LogP contribution in [0.3, 0.4) is 0 Å². The number of ketones is 1. The van der Waals surface area contributed by atoms with Crippen molar-refractivity contribution in [2.75, 3.05) is 49.2 Å². The van der Waals surface area contributed by atoms with Crippen LogP contribution >= 0.6 is 46.4 Å². The molecule has 0 amide bonds. The van der Waals surface area contributed by atoms with Gasteiger partial charge < -0.3 is 49.9 Å². The van der Waals surface area contributed by atoms with Crippen LogP contribution in [-0.4, -0.2) is 106 Å². The van der Waals surface area contributed by atoms with Crippen LogP contribution in [0.1, 0.15) is 40.9 Å². The number of carboxylic acids is 5. The molecule has 310 valence electrons. The minimum atomic E-state index is -1.57. The lowest BCUT2D eigenvalue weighted by molar-refractivity contribution is -0.138. The molecule has 0 bridgehead atoms. The number of hydrogen-bond acceptors (Lipinski definition) is 11. The van der Waals surface area contributed by atoms with Gasteiger partial charge in [-0.05, 0) is 64.3 Å². The number of phenolic OH excluding ortho intramolecular Hbond substituents is 1. The van der Waals surface area contributed by atoms with Crippen molar-refractivity contribution in [2.45, 2.75) is 19.3 Å². The fraction of sp³-hybridized carbons (Fsp3) is 0.231. The van der Waals surface area contributed by atoms with E-state index in [1.807, 2.05) is 0 Å². The highest BCUT2D eigenvalue weighted by atomic mass is 35.5. The molecule has 3 aromatic carbocycles. The van der Waals surface area contributed by atoms with Crippen molar-refractivity contribution < 1.29 is 68.9 Å². The molecule has 20 heteroatoms. The summed E-state index contributed by atoms with van der Waals surface area (Å²) in [5, 5.41) is 58.7. The maximum absolute atomic E-state index is 13.2. The standard InChI is InChI=1S/C39H32Cl4N2O14/c1-39(2)32-19(9-21(40)36(54)34(32)42)31(20-10-22(41)37(55)35(43)33(20)39)17-12-26(24(11-18(17)38(56)57)45(15-29(50)51)16-30(52)53)59-8-7-58-25-6-4-3-5-23(25)44(13-27(46)47)14-28(48)49/h3-6,9-12,54H,7-8,13-16H2,1-2H3,(H,46,47)(H,48,49)(H,50,51)(H,52,53)(H,56,57). The Hall–Kier alpha value is -5.94. The predicted molar refractivity (Wildman–Crippen MR) is 215 cm³/mol. The van der Waals surface area contributed by atoms with Gasteiger partial charge in [-0.25, -0.2) is 4.79 Å². The van der Waals surface area contributed by atoms with Crippen LogP contribution in [0.2, 0.25) is 10.0 Å². The highest BCUT2D eigenvalue weighted by Crippen LogP contribution is 2.57. The molecular weight excluding hydrogens is 862 g/mol. The van der Waals surface area contributed by atoms with Crippen LogP contribution in [0, 0.1) is 0 Å². The van der Waals surface area contributed by atoms with Gasteiger partial charge in [0.25, 0.3) is 0 Å². The zero-order valence-electron chi connectivity index (χ0n) is 30.7. The maximum Gasteiger partial charge on any atom is 0.336 e. The minimum absolute atomic E-state index is 0.0425. The van der Waals surface area contributed by atoms with Gasteiger partial charge in [0.15, 0.2) is 5.75 Å². The Morgan fingerprint density at radius 1 is 0.712 bits per heavy atom. The first kappa shape index (κ1) is 44.2. The average Bonchev–Trinajstić information content (AvgIpc) is 3.13. The molecular formula is C39H32Cl4N2O14. The van der Waals surface area contributed by atoms with E-state index in [1.54, 1.807) is 19.9 Å². The first-order valence-corrected chi connectivity index (χ1v) is 18.6. The largest absolute Gasteiger partial charge is 0.505 e. The van der Waals surface area contributed by atoms with E-state index >= 15 is 0 Å². The summed E-state index contributed by atoms with van der Waals surface area (Å²) < 4.78 is 12.0. The minimum Gasteiger partial charge on any atom is -0.505 e. The van der Waals surface area contributed by atoms with Crippen molar-refractivity contribution in [3.8, 4) is 17.2 Å². The lowest BCUT2D eigenvalue weighted by Crippen LogP contribution is -2.35. The fourth-order valence-corrected chi connectivity index (χ4v) is 8.33. The van der Waals surface area contributed by atoms with Crippen molar-refractivity contribution in [3.63, 3.8) is 0 Å². The van der Waals surface area contributed by atoms with E-state index in [2.05, 4.69) is 0 Å². The molecule has 0 aromatic heterocycles. The number of hydrogen-bond donors (Lipinski definition) is 6. The van der Waals surface area contributed by atoms with Gasteiger partial charge >= 0.3 is 29.8 Å². The molecule has 2 aliphatic rings. The number of halogens is 4. The number of carbonyl (C=O) groups excluding carboxylic acids is 1. The van der Waals surface area contributed by atoms with E-state index in [9.17, 15) is 59.4 Å². The summed E-state index contributed by atoms with van der Waals surface area (Å²) in [6.45, 7) is -0.608. The average molecular weight is 894 g/mol. The molecule has 59 heavy (non-hydrogen) atoms. The van der Waals surface area contributed by atoms with E-state index in [4.69, 9.17) is 55.9 Å². The predicted octanol–water partition coefficient (Wildman–Crippen LogP) is 6.10. The summed E-state index contributed by atoms with van der Waals surface area (Å²) in [4.78, 5) is 75.2. The summed E-state index contributed by atoms with van der Waals surface area (Å²) in [5.41, 5.74) is -1.32. The monoisotopic (exact) mass is 892 g/mol. The van der Waals surface area contributed by atoms with Crippen molar-refractivity contribution in [2.24, 2.45) is 0 Å². The number of Topliss-reactive ketones (excluding diaryl/α,β-unsaturated/α-hetero) is 1. The Kier molecular flexibility index (Phi) is 13.1. The van der Waals surface area contributed by atoms with E-state index in [0.29, 0.717) is 0 Å². The zero-order valence-corrected chi connectivity index (χ0v) is 33.7. The molecule has 0 saturated carbocycles. The van der Waals surface area contributed by atoms with Crippen molar-refractivity contribution in [1.29, 1.82) is 0 Å². The molecule has 6 N–H and O–H groups in total. The number of ether oxygens (including phenoxy) is 2. The van der Waals surface area contributed by atoms with E-state index in [1.165, 1.54) is 36.4 Å². The second kappa shape index (κ2) is 17.5. The van der Waals surface area contributed by atoms with Gasteiger partial charge in [0.05, 0.1) is 37.0 Å². The topological polar surface area (TPSA) is 249 Å². The summed E-state index contributed by atoms with van der Waals surface area (Å²) in [6, 6.07) is 9.51. The Morgan fingerprint density at radius 2 is 1.24 bits per heavy atom. The number of benzene rings is 3. The second-order valence-corrected chi connectivity index (χ2v) is 15.1. The van der Waals surface area contributed by atoms with Crippen LogP contribution in [0.5, 0.6) is 17.2 Å². The Morgan fingerprint density at radius 3 is 1.78 bits per heavy atom. The number of para-hydroxylation sites is 2. The summed E-state index contributed by atoms with van der Waals surface area (Å²) >= 11 is 26.2. The molecule has 0 aliphatic heterocycles. The third kappa shape index (κ3) is 9.05. The summed E-state index contributed by atoms with van der Waals surface area (Å²) in [5.74, 6) is -8.58. The van der Waals surface area contributed by atoms with Crippen LogP contribution in [0.15, 0.2) is 69.8 Å². The second-order valence-electron chi connectivity index (χ2n) is 13.5. The highest BCUT2D eigenvalue weighted by Gasteiger charge is 2.45. The van der Waals surface area contributed by atoms with Crippen LogP contribution in [-0.2, 0) is 29.4 Å². The lowest BCUT2D eigenvalue weighted by Gasteiger charge is -2.41. The van der Waals surface area contributed by atoms with Gasteiger partial charge in [0.1, 0.15) is 50.9 Å². The number of aliphatic carboxylic acids is 4. The van der Waals surface area contributed by atoms with Crippen LogP contribution in [0.4, 0.5) is 11.4 Å². The molecule has 0 radical (unpaired) electrons. The molecule has 2 aliphatic carbocycles. The van der Waals surface area contributed by atoms with Gasteiger partial charge in [-0.3, -0.25) is 24.0 Å². The molecule has 0 unspecified atom stereocenters. The Bertz CT molecular complexity index is 2390. The SMILES string of the molecule is CC1(C)C2=C(Cl)C(=O)C(Cl)=CC2=C(c2cc(OCCOc3ccccc3N(CC(=O)O)CC(=O)O)c(N(CC(=O)O)CC(=O)O)cc2C(=O)O)c2cc(Cl)c(O)c(Cl)c21. The number of carbonyl (C=O) groups is 6. The quantitative estimate of drug-likeness (QED) is 0.0838. The maximum atomic E-state index is 13.2. The number of aromatic carboxylic acids is 1. The first-order chi connectivity index (χ1) is 27.6. The molecule has 0 spiro atoms. The van der Waals surface area contributed by atoms with Gasteiger partial charge in [-0.2, -0.15) is 0 Å². The smallest absolute Gasteiger partial charge is 0.336 e. The number of nitrogens with zero attached hydrogens (tertiary/aromatic N) is 2. The Labute approximate surface area is 354 Å². The third-order valence-corrected chi connectivity index (χ3v) is 10.5. The van der Waals surface area contributed by atoms with Crippen molar-refractivity contribution in [1.82, 2.24) is 0 Å². The molecule has 3 aromatic rings. The number of allylic oxidation sites excluding steroid dienone is 5. The van der Waals surface area contributed by atoms with Crippen molar-refractivity contribution in [3.05, 3.63) is 102 Å². The summed E-state index contributed by atoms with van der Waals surface area (Å²) in [6.07, 6.45) is 1.28. The Balaban J connectivity index is 1.73. The zero-order chi connectivity index (χ0) is 43.7. The summed E-state index contributed by atoms with van der Waals surface area (Å²) in [7, 11) is 0. The fourth-order valence-electron chi connectivity index (χ4n) is 6.95. The van der Waals surface area contributed by atoms with E-state index in [-0.39, 0.29) is 83.0 Å². The van der Waals surface area contributed by atoms with Gasteiger partial charge in [-0.15, -0.1) is 0 Å². The number of phenols is 1. The van der Waals surface area contributed by atoms with Gasteiger partial charge in [0, 0.05) is 11.0 Å². The lowest BCUT2D eigenvalue weighted by atomic mass is 9.64. The van der Waals surface area contributed by atoms with E-state index in [0.717, 1.165) is 15.9 Å². The molecule has 16 nitrogen and oxygen atoms in total. The van der Waals surface area contributed by atoms with E-state index < -0.39 is 85.1 Å². The normalized spacial score (nSPS) is 14.2. The van der Waals surface area contributed by atoms with Gasteiger partial charge in [-0.1, -0.05) is 72.4 Å². The number of aromatic hydroxyl groups is 1. The third-order valence-electron chi connectivity index (χ3n) is 9.21. The highest BCUT2D eigenvalue weighted by molar-refractivity contribution is 6.56. The number of carboxylic acid groups (broad SMARTS) is 5. The molecule has 0 saturated heterocycles. The first-order valence-electron chi connectivity index (χ1n) is 17.1. The van der Waals surface area contributed by atoms with Crippen LogP contribution in [0.25, 0.3) is 5.57 Å². The van der Waals surface area contributed by atoms with Gasteiger partial charge in [0.2, 0.25) is 5.78 Å². The molecule has 5 rings (SSSR count). The number of rotatable bonds is 17.